The molecule has 3 unspecified atom stereocenters. The molecule has 0 aromatic rings. The van der Waals surface area contributed by atoms with Crippen LogP contribution < -0.4 is 16.0 Å². The zero-order chi connectivity index (χ0) is 14.4. The maximum Gasteiger partial charge on any atom is 0.326 e. The van der Waals surface area contributed by atoms with Crippen LogP contribution in [0.5, 0.6) is 0 Å². The Morgan fingerprint density at radius 1 is 1.53 bits per heavy atom. The number of hydrogen-bond donors (Lipinski definition) is 4. The average Bonchev–Trinajstić information content (AvgIpc) is 2.37. The van der Waals surface area contributed by atoms with E-state index in [1.54, 1.807) is 6.92 Å². The highest BCUT2D eigenvalue weighted by Crippen LogP contribution is 2.08. The van der Waals surface area contributed by atoms with Crippen molar-refractivity contribution in [3.63, 3.8) is 0 Å². The highest BCUT2D eigenvalue weighted by molar-refractivity contribution is 5.83. The van der Waals surface area contributed by atoms with Crippen LogP contribution >= 0.6 is 0 Å². The summed E-state index contributed by atoms with van der Waals surface area (Å²) in [6.07, 6.45) is 1.61. The summed E-state index contributed by atoms with van der Waals surface area (Å²) in [5.41, 5.74) is 0. The van der Waals surface area contributed by atoms with Gasteiger partial charge in [0.1, 0.15) is 6.04 Å². The molecule has 19 heavy (non-hydrogen) atoms. The molecule has 1 heterocycles. The number of nitrogens with one attached hydrogen (secondary N) is 3. The van der Waals surface area contributed by atoms with Gasteiger partial charge in [0.15, 0.2) is 0 Å². The Bertz CT molecular complexity index is 349. The molecule has 0 aromatic heterocycles. The van der Waals surface area contributed by atoms with Gasteiger partial charge in [-0.25, -0.2) is 9.59 Å². The highest BCUT2D eigenvalue weighted by Gasteiger charge is 2.26. The van der Waals surface area contributed by atoms with Crippen LogP contribution in [0.3, 0.4) is 0 Å². The van der Waals surface area contributed by atoms with Crippen molar-refractivity contribution in [3.05, 3.63) is 0 Å². The molecule has 4 N–H and O–H groups in total. The smallest absolute Gasteiger partial charge is 0.326 e. The van der Waals surface area contributed by atoms with E-state index in [1.807, 2.05) is 6.92 Å². The maximum atomic E-state index is 11.7. The van der Waals surface area contributed by atoms with E-state index in [0.29, 0.717) is 25.8 Å². The molecule has 1 rings (SSSR count). The monoisotopic (exact) mass is 271 g/mol. The number of urea groups is 1. The van der Waals surface area contributed by atoms with Crippen molar-refractivity contribution < 1.29 is 19.5 Å². The van der Waals surface area contributed by atoms with Gasteiger partial charge >= 0.3 is 12.0 Å². The molecule has 0 spiro atoms. The lowest BCUT2D eigenvalue weighted by atomic mass is 9.99. The molecular formula is C12H21N3O4. The average molecular weight is 271 g/mol. The second kappa shape index (κ2) is 6.96. The minimum absolute atomic E-state index is 0.0264. The predicted octanol–water partition coefficient (Wildman–Crippen LogP) is 0.0635. The summed E-state index contributed by atoms with van der Waals surface area (Å²) in [4.78, 5) is 33.8. The van der Waals surface area contributed by atoms with Crippen LogP contribution in [0.15, 0.2) is 0 Å². The van der Waals surface area contributed by atoms with Gasteiger partial charge in [0.2, 0.25) is 5.91 Å². The van der Waals surface area contributed by atoms with Gasteiger partial charge in [-0.2, -0.15) is 0 Å². The van der Waals surface area contributed by atoms with E-state index in [9.17, 15) is 14.4 Å². The maximum absolute atomic E-state index is 11.7. The van der Waals surface area contributed by atoms with E-state index in [4.69, 9.17) is 5.11 Å². The molecular weight excluding hydrogens is 250 g/mol. The first kappa shape index (κ1) is 15.3. The molecule has 1 fully saturated rings. The number of rotatable bonds is 5. The number of carbonyl (C=O) groups is 3. The molecule has 1 aliphatic heterocycles. The molecule has 0 bridgehead atoms. The number of carbonyl (C=O) groups excluding carboxylic acids is 2. The Morgan fingerprint density at radius 2 is 2.21 bits per heavy atom. The molecule has 1 saturated heterocycles. The van der Waals surface area contributed by atoms with E-state index in [-0.39, 0.29) is 17.9 Å². The fraction of sp³-hybridized carbons (Fsp3) is 0.750. The first-order valence-electron chi connectivity index (χ1n) is 6.50. The Hall–Kier alpha value is -1.79. The van der Waals surface area contributed by atoms with Crippen LogP contribution in [-0.2, 0) is 9.59 Å². The third kappa shape index (κ3) is 4.76. The van der Waals surface area contributed by atoms with E-state index in [1.165, 1.54) is 0 Å². The van der Waals surface area contributed by atoms with Crippen molar-refractivity contribution >= 4 is 17.9 Å². The molecule has 0 saturated carbocycles. The van der Waals surface area contributed by atoms with E-state index in [0.717, 1.165) is 0 Å². The van der Waals surface area contributed by atoms with E-state index < -0.39 is 18.0 Å². The Morgan fingerprint density at radius 3 is 2.68 bits per heavy atom. The molecule has 0 aromatic carbocycles. The minimum Gasteiger partial charge on any atom is -0.480 e. The van der Waals surface area contributed by atoms with Crippen LogP contribution in [0, 0.1) is 5.92 Å². The molecule has 108 valence electrons. The van der Waals surface area contributed by atoms with Crippen molar-refractivity contribution in [3.8, 4) is 0 Å². The van der Waals surface area contributed by atoms with Gasteiger partial charge in [0.05, 0.1) is 0 Å². The van der Waals surface area contributed by atoms with Gasteiger partial charge in [-0.3, -0.25) is 4.79 Å². The number of carboxylic acids is 1. The molecule has 7 heteroatoms. The lowest BCUT2D eigenvalue weighted by Gasteiger charge is -2.26. The van der Waals surface area contributed by atoms with Crippen molar-refractivity contribution in [2.45, 2.75) is 45.2 Å². The summed E-state index contributed by atoms with van der Waals surface area (Å²) in [5, 5.41) is 16.9. The standard InChI is InChI=1S/C12H21N3O4/c1-3-7(2)10(11(17)18)15-12(19)14-8-4-5-9(16)13-6-8/h7-8,10H,3-6H2,1-2H3,(H,13,16)(H,17,18)(H2,14,15,19). The normalized spacial score (nSPS) is 22.0. The van der Waals surface area contributed by atoms with Crippen molar-refractivity contribution in [2.24, 2.45) is 5.92 Å². The van der Waals surface area contributed by atoms with Gasteiger partial charge in [-0.05, 0) is 12.3 Å². The number of amides is 3. The molecule has 7 nitrogen and oxygen atoms in total. The SMILES string of the molecule is CCC(C)C(NC(=O)NC1CCC(=O)NC1)C(=O)O. The summed E-state index contributed by atoms with van der Waals surface area (Å²) >= 11 is 0. The summed E-state index contributed by atoms with van der Waals surface area (Å²) in [7, 11) is 0. The third-order valence-electron chi connectivity index (χ3n) is 3.37. The van der Waals surface area contributed by atoms with E-state index in [2.05, 4.69) is 16.0 Å². The Kier molecular flexibility index (Phi) is 5.59. The fourth-order valence-electron chi connectivity index (χ4n) is 1.91. The minimum atomic E-state index is -1.04. The largest absolute Gasteiger partial charge is 0.480 e. The summed E-state index contributed by atoms with van der Waals surface area (Å²) in [6.45, 7) is 4.03. The Balaban J connectivity index is 2.44. The van der Waals surface area contributed by atoms with E-state index >= 15 is 0 Å². The number of aliphatic carboxylic acids is 1. The predicted molar refractivity (Wildman–Crippen MR) is 68.6 cm³/mol. The Labute approximate surface area is 112 Å². The van der Waals surface area contributed by atoms with Crippen molar-refractivity contribution in [1.29, 1.82) is 0 Å². The van der Waals surface area contributed by atoms with Gasteiger partial charge in [0.25, 0.3) is 0 Å². The lowest BCUT2D eigenvalue weighted by molar-refractivity contribution is -0.140. The van der Waals surface area contributed by atoms with Crippen molar-refractivity contribution in [1.82, 2.24) is 16.0 Å². The zero-order valence-corrected chi connectivity index (χ0v) is 11.2. The van der Waals surface area contributed by atoms with Gasteiger partial charge in [0, 0.05) is 19.0 Å². The summed E-state index contributed by atoms with van der Waals surface area (Å²) in [5.74, 6) is -1.21. The van der Waals surface area contributed by atoms with Crippen LogP contribution in [-0.4, -0.2) is 41.6 Å². The van der Waals surface area contributed by atoms with Crippen LogP contribution in [0.4, 0.5) is 4.79 Å². The molecule has 3 atom stereocenters. The van der Waals surface area contributed by atoms with Crippen LogP contribution in [0.1, 0.15) is 33.1 Å². The van der Waals surface area contributed by atoms with Crippen molar-refractivity contribution in [2.75, 3.05) is 6.54 Å². The highest BCUT2D eigenvalue weighted by atomic mass is 16.4. The second-order valence-electron chi connectivity index (χ2n) is 4.86. The fourth-order valence-corrected chi connectivity index (χ4v) is 1.91. The molecule has 0 aliphatic carbocycles. The number of carboxylic acid groups (broad SMARTS) is 1. The van der Waals surface area contributed by atoms with Crippen LogP contribution in [0.25, 0.3) is 0 Å². The van der Waals surface area contributed by atoms with Gasteiger partial charge in [-0.1, -0.05) is 20.3 Å². The first-order valence-corrected chi connectivity index (χ1v) is 6.50. The molecule has 3 amide bonds. The third-order valence-corrected chi connectivity index (χ3v) is 3.37. The topological polar surface area (TPSA) is 108 Å². The number of piperidine rings is 1. The summed E-state index contributed by atoms with van der Waals surface area (Å²) < 4.78 is 0. The van der Waals surface area contributed by atoms with Gasteiger partial charge < -0.3 is 21.1 Å². The lowest BCUT2D eigenvalue weighted by Crippen LogP contribution is -2.54. The first-order chi connectivity index (χ1) is 8.93. The van der Waals surface area contributed by atoms with Gasteiger partial charge in [-0.15, -0.1) is 0 Å². The number of hydrogen-bond acceptors (Lipinski definition) is 3. The summed E-state index contributed by atoms with van der Waals surface area (Å²) in [6, 6.07) is -1.55. The quantitative estimate of drug-likeness (QED) is 0.567. The molecule has 0 radical (unpaired) electrons. The second-order valence-corrected chi connectivity index (χ2v) is 4.86. The molecule has 1 aliphatic rings. The zero-order valence-electron chi connectivity index (χ0n) is 11.2. The van der Waals surface area contributed by atoms with Crippen LogP contribution in [0.2, 0.25) is 0 Å².